The summed E-state index contributed by atoms with van der Waals surface area (Å²) in [6.45, 7) is 2.49. The second-order valence-electron chi connectivity index (χ2n) is 2.43. The Morgan fingerprint density at radius 1 is 1.67 bits per heavy atom. The van der Waals surface area contributed by atoms with Crippen molar-refractivity contribution in [3.63, 3.8) is 0 Å². The summed E-state index contributed by atoms with van der Waals surface area (Å²) < 4.78 is 0. The van der Waals surface area contributed by atoms with E-state index in [1.165, 1.54) is 0 Å². The number of hydrogen-bond acceptors (Lipinski definition) is 1. The first kappa shape index (κ1) is 8.71. The molecule has 0 aromatic heterocycles. The number of allylic oxidation sites excluding steroid dienone is 4. The minimum absolute atomic E-state index is 0.257. The SMILES string of the molecule is CCNC(=O)N=C1C=CC=CC1. The van der Waals surface area contributed by atoms with Crippen LogP contribution in [0.3, 0.4) is 0 Å². The second-order valence-corrected chi connectivity index (χ2v) is 2.43. The highest BCUT2D eigenvalue weighted by atomic mass is 16.2. The third-order valence-electron chi connectivity index (χ3n) is 1.44. The highest BCUT2D eigenvalue weighted by molar-refractivity contribution is 6.03. The van der Waals surface area contributed by atoms with Crippen molar-refractivity contribution in [2.45, 2.75) is 13.3 Å². The zero-order valence-electron chi connectivity index (χ0n) is 7.08. The van der Waals surface area contributed by atoms with Crippen LogP contribution in [0.5, 0.6) is 0 Å². The lowest BCUT2D eigenvalue weighted by molar-refractivity contribution is 0.250. The number of aliphatic imine (C=N–C) groups is 1. The summed E-state index contributed by atoms with van der Waals surface area (Å²) >= 11 is 0. The van der Waals surface area contributed by atoms with Crippen molar-refractivity contribution in [3.8, 4) is 0 Å². The average Bonchev–Trinajstić information content (AvgIpc) is 2.06. The van der Waals surface area contributed by atoms with E-state index in [4.69, 9.17) is 0 Å². The number of amides is 2. The molecule has 0 spiro atoms. The van der Waals surface area contributed by atoms with Gasteiger partial charge >= 0.3 is 6.03 Å². The molecule has 0 saturated heterocycles. The summed E-state index contributed by atoms with van der Waals surface area (Å²) in [4.78, 5) is 14.8. The molecule has 12 heavy (non-hydrogen) atoms. The average molecular weight is 164 g/mol. The van der Waals surface area contributed by atoms with Crippen LogP contribution in [0.1, 0.15) is 13.3 Å². The molecule has 0 heterocycles. The first-order valence-corrected chi connectivity index (χ1v) is 4.01. The molecular formula is C9H12N2O. The lowest BCUT2D eigenvalue weighted by atomic mass is 10.2. The van der Waals surface area contributed by atoms with Crippen LogP contribution in [0.4, 0.5) is 4.79 Å². The normalized spacial score (nSPS) is 18.2. The number of rotatable bonds is 1. The molecule has 1 N–H and O–H groups in total. The Hall–Kier alpha value is -1.38. The van der Waals surface area contributed by atoms with E-state index in [1.807, 2.05) is 31.2 Å². The van der Waals surface area contributed by atoms with Crippen LogP contribution in [0, 0.1) is 0 Å². The van der Waals surface area contributed by atoms with Crippen LogP contribution in [0.15, 0.2) is 29.3 Å². The molecule has 2 amide bonds. The maximum Gasteiger partial charge on any atom is 0.341 e. The van der Waals surface area contributed by atoms with Gasteiger partial charge in [-0.05, 0) is 13.0 Å². The van der Waals surface area contributed by atoms with Gasteiger partial charge in [0.25, 0.3) is 0 Å². The van der Waals surface area contributed by atoms with Gasteiger partial charge in [-0.15, -0.1) is 0 Å². The number of nitrogens with zero attached hydrogens (tertiary/aromatic N) is 1. The summed E-state index contributed by atoms with van der Waals surface area (Å²) in [5.41, 5.74) is 0.809. The van der Waals surface area contributed by atoms with Gasteiger partial charge in [-0.1, -0.05) is 18.2 Å². The Labute approximate surface area is 71.9 Å². The molecule has 0 aromatic carbocycles. The number of carbonyl (C=O) groups excluding carboxylic acids is 1. The van der Waals surface area contributed by atoms with Crippen molar-refractivity contribution in [2.75, 3.05) is 6.54 Å². The molecular weight excluding hydrogens is 152 g/mol. The second kappa shape index (κ2) is 4.49. The number of nitrogens with one attached hydrogen (secondary N) is 1. The molecule has 1 aliphatic rings. The highest BCUT2D eigenvalue weighted by Crippen LogP contribution is 1.99. The Kier molecular flexibility index (Phi) is 3.26. The molecule has 0 atom stereocenters. The van der Waals surface area contributed by atoms with Crippen LogP contribution in [0.25, 0.3) is 0 Å². The monoisotopic (exact) mass is 164 g/mol. The summed E-state index contributed by atoms with van der Waals surface area (Å²) in [7, 11) is 0. The third kappa shape index (κ3) is 2.70. The van der Waals surface area contributed by atoms with E-state index in [1.54, 1.807) is 0 Å². The molecule has 3 heteroatoms. The molecule has 1 rings (SSSR count). The van der Waals surface area contributed by atoms with E-state index in [2.05, 4.69) is 10.3 Å². The predicted octanol–water partition coefficient (Wildman–Crippen LogP) is 1.67. The first-order chi connectivity index (χ1) is 5.83. The fourth-order valence-corrected chi connectivity index (χ4v) is 0.906. The number of urea groups is 1. The van der Waals surface area contributed by atoms with Crippen molar-refractivity contribution in [1.82, 2.24) is 5.32 Å². The van der Waals surface area contributed by atoms with E-state index in [9.17, 15) is 4.79 Å². The Bertz CT molecular complexity index is 251. The quantitative estimate of drug-likeness (QED) is 0.629. The number of hydrogen-bond donors (Lipinski definition) is 1. The van der Waals surface area contributed by atoms with Crippen molar-refractivity contribution in [1.29, 1.82) is 0 Å². The summed E-state index contributed by atoms with van der Waals surface area (Å²) in [6.07, 6.45) is 8.37. The van der Waals surface area contributed by atoms with Gasteiger partial charge in [0.2, 0.25) is 0 Å². The topological polar surface area (TPSA) is 41.5 Å². The zero-order valence-corrected chi connectivity index (χ0v) is 7.08. The molecule has 0 saturated carbocycles. The minimum atomic E-state index is -0.257. The Morgan fingerprint density at radius 2 is 2.50 bits per heavy atom. The molecule has 1 aliphatic carbocycles. The van der Waals surface area contributed by atoms with Crippen LogP contribution in [0.2, 0.25) is 0 Å². The Morgan fingerprint density at radius 3 is 3.08 bits per heavy atom. The van der Waals surface area contributed by atoms with Gasteiger partial charge in [-0.25, -0.2) is 4.79 Å². The van der Waals surface area contributed by atoms with Gasteiger partial charge in [0.05, 0.1) is 0 Å². The summed E-state index contributed by atoms with van der Waals surface area (Å²) in [5.74, 6) is 0. The molecule has 0 radical (unpaired) electrons. The first-order valence-electron chi connectivity index (χ1n) is 4.01. The highest BCUT2D eigenvalue weighted by Gasteiger charge is 1.99. The molecule has 3 nitrogen and oxygen atoms in total. The summed E-state index contributed by atoms with van der Waals surface area (Å²) in [6, 6.07) is -0.257. The van der Waals surface area contributed by atoms with Crippen molar-refractivity contribution in [3.05, 3.63) is 24.3 Å². The molecule has 0 unspecified atom stereocenters. The zero-order chi connectivity index (χ0) is 8.81. The molecule has 0 fully saturated rings. The van der Waals surface area contributed by atoms with E-state index in [-0.39, 0.29) is 6.03 Å². The molecule has 0 bridgehead atoms. The lowest BCUT2D eigenvalue weighted by Crippen LogP contribution is -2.20. The predicted molar refractivity (Wildman–Crippen MR) is 49.4 cm³/mol. The molecule has 0 aliphatic heterocycles. The molecule has 64 valence electrons. The maximum absolute atomic E-state index is 11.0. The van der Waals surface area contributed by atoms with Gasteiger partial charge in [-0.2, -0.15) is 4.99 Å². The van der Waals surface area contributed by atoms with Crippen molar-refractivity contribution >= 4 is 11.7 Å². The van der Waals surface area contributed by atoms with Gasteiger partial charge in [0, 0.05) is 18.7 Å². The standard InChI is InChI=1S/C9H12N2O/c1-2-10-9(12)11-8-6-4-3-5-7-8/h3-6H,2,7H2,1H3,(H,10,12). The van der Waals surface area contributed by atoms with E-state index < -0.39 is 0 Å². The fourth-order valence-electron chi connectivity index (χ4n) is 0.906. The van der Waals surface area contributed by atoms with Crippen molar-refractivity contribution < 1.29 is 4.79 Å². The largest absolute Gasteiger partial charge is 0.341 e. The van der Waals surface area contributed by atoms with Crippen LogP contribution in [-0.4, -0.2) is 18.3 Å². The lowest BCUT2D eigenvalue weighted by Gasteiger charge is -2.00. The maximum atomic E-state index is 11.0. The smallest absolute Gasteiger partial charge is 0.337 e. The van der Waals surface area contributed by atoms with Gasteiger partial charge in [0.1, 0.15) is 0 Å². The molecule has 0 aromatic rings. The third-order valence-corrected chi connectivity index (χ3v) is 1.44. The number of carbonyl (C=O) groups is 1. The van der Waals surface area contributed by atoms with Gasteiger partial charge in [-0.3, -0.25) is 0 Å². The Balaban J connectivity index is 2.51. The van der Waals surface area contributed by atoms with Crippen LogP contribution >= 0.6 is 0 Å². The van der Waals surface area contributed by atoms with E-state index in [0.717, 1.165) is 12.1 Å². The van der Waals surface area contributed by atoms with E-state index in [0.29, 0.717) is 6.54 Å². The van der Waals surface area contributed by atoms with Gasteiger partial charge < -0.3 is 5.32 Å². The van der Waals surface area contributed by atoms with Crippen molar-refractivity contribution in [2.24, 2.45) is 4.99 Å². The fraction of sp³-hybridized carbons (Fsp3) is 0.333. The van der Waals surface area contributed by atoms with Gasteiger partial charge in [0.15, 0.2) is 0 Å². The van der Waals surface area contributed by atoms with E-state index >= 15 is 0 Å². The summed E-state index contributed by atoms with van der Waals surface area (Å²) in [5, 5.41) is 2.61. The van der Waals surface area contributed by atoms with Crippen LogP contribution < -0.4 is 5.32 Å². The minimum Gasteiger partial charge on any atom is -0.337 e. The van der Waals surface area contributed by atoms with Crippen LogP contribution in [-0.2, 0) is 0 Å².